The van der Waals surface area contributed by atoms with Crippen molar-refractivity contribution >= 4 is 5.97 Å². The van der Waals surface area contributed by atoms with Crippen LogP contribution >= 0.6 is 0 Å². The number of nitrogens with one attached hydrogen (secondary N) is 1. The van der Waals surface area contributed by atoms with Crippen molar-refractivity contribution in [3.63, 3.8) is 0 Å². The predicted octanol–water partition coefficient (Wildman–Crippen LogP) is 4.80. The number of carboxylic acids is 1. The Kier molecular flexibility index (Phi) is 6.55. The standard InChI is InChI=1S/C25H30N2O2/c1-17-9-11-21(12-10-17)16-27-19(3)23(24(20(27)4)25(28)29)15-26-14-13-22-8-6-5-7-18(22)2/h5-12,26H,13-16H2,1-4H3,(H,28,29). The van der Waals surface area contributed by atoms with Crippen LogP contribution in [0.25, 0.3) is 0 Å². The Bertz CT molecular complexity index is 1000. The van der Waals surface area contributed by atoms with Crippen molar-refractivity contribution in [2.24, 2.45) is 0 Å². The van der Waals surface area contributed by atoms with E-state index in [9.17, 15) is 9.90 Å². The summed E-state index contributed by atoms with van der Waals surface area (Å²) in [5, 5.41) is 13.3. The largest absolute Gasteiger partial charge is 0.478 e. The van der Waals surface area contributed by atoms with Crippen LogP contribution in [-0.4, -0.2) is 22.2 Å². The highest BCUT2D eigenvalue weighted by Crippen LogP contribution is 2.24. The third-order valence-corrected chi connectivity index (χ3v) is 5.72. The Morgan fingerprint density at radius 3 is 2.31 bits per heavy atom. The maximum Gasteiger partial charge on any atom is 0.337 e. The summed E-state index contributed by atoms with van der Waals surface area (Å²) < 4.78 is 2.12. The van der Waals surface area contributed by atoms with Crippen LogP contribution in [-0.2, 0) is 19.5 Å². The number of benzene rings is 2. The number of carboxylic acid groups (broad SMARTS) is 1. The monoisotopic (exact) mass is 390 g/mol. The molecule has 0 saturated heterocycles. The summed E-state index contributed by atoms with van der Waals surface area (Å²) in [6.07, 6.45) is 0.928. The summed E-state index contributed by atoms with van der Waals surface area (Å²) in [5.41, 5.74) is 8.15. The molecular formula is C25H30N2O2. The molecule has 4 heteroatoms. The molecule has 3 rings (SSSR count). The van der Waals surface area contributed by atoms with Crippen molar-refractivity contribution in [3.8, 4) is 0 Å². The van der Waals surface area contributed by atoms with Crippen LogP contribution in [0, 0.1) is 27.7 Å². The zero-order valence-corrected chi connectivity index (χ0v) is 17.7. The Balaban J connectivity index is 1.76. The normalized spacial score (nSPS) is 11.0. The molecule has 0 amide bonds. The molecule has 152 valence electrons. The quantitative estimate of drug-likeness (QED) is 0.543. The summed E-state index contributed by atoms with van der Waals surface area (Å²) >= 11 is 0. The van der Waals surface area contributed by atoms with Crippen molar-refractivity contribution in [1.82, 2.24) is 9.88 Å². The van der Waals surface area contributed by atoms with Gasteiger partial charge in [0.05, 0.1) is 5.56 Å². The number of aryl methyl sites for hydroxylation is 2. The number of aromatic carboxylic acids is 1. The molecule has 4 nitrogen and oxygen atoms in total. The van der Waals surface area contributed by atoms with Gasteiger partial charge < -0.3 is 15.0 Å². The first-order chi connectivity index (χ1) is 13.9. The third-order valence-electron chi connectivity index (χ3n) is 5.72. The second kappa shape index (κ2) is 9.10. The second-order valence-electron chi connectivity index (χ2n) is 7.75. The summed E-state index contributed by atoms with van der Waals surface area (Å²) in [6, 6.07) is 16.8. The zero-order chi connectivity index (χ0) is 21.0. The van der Waals surface area contributed by atoms with Gasteiger partial charge >= 0.3 is 5.97 Å². The number of carbonyl (C=O) groups is 1. The fourth-order valence-corrected chi connectivity index (χ4v) is 3.89. The predicted molar refractivity (Wildman–Crippen MR) is 118 cm³/mol. The Morgan fingerprint density at radius 1 is 0.966 bits per heavy atom. The number of hydrogen-bond acceptors (Lipinski definition) is 2. The van der Waals surface area contributed by atoms with Gasteiger partial charge in [-0.05, 0) is 57.4 Å². The molecule has 0 aliphatic carbocycles. The van der Waals surface area contributed by atoms with Gasteiger partial charge in [0.15, 0.2) is 0 Å². The van der Waals surface area contributed by atoms with Crippen LogP contribution in [0.5, 0.6) is 0 Å². The highest BCUT2D eigenvalue weighted by Gasteiger charge is 2.22. The Hall–Kier alpha value is -2.85. The van der Waals surface area contributed by atoms with Crippen molar-refractivity contribution < 1.29 is 9.90 Å². The first-order valence-corrected chi connectivity index (χ1v) is 10.1. The minimum Gasteiger partial charge on any atom is -0.478 e. The molecule has 29 heavy (non-hydrogen) atoms. The van der Waals surface area contributed by atoms with Gasteiger partial charge in [-0.2, -0.15) is 0 Å². The molecule has 0 aliphatic heterocycles. The summed E-state index contributed by atoms with van der Waals surface area (Å²) in [6.45, 7) is 10.2. The second-order valence-corrected chi connectivity index (χ2v) is 7.75. The fourth-order valence-electron chi connectivity index (χ4n) is 3.89. The van der Waals surface area contributed by atoms with Crippen LogP contribution in [0.1, 0.15) is 49.6 Å². The van der Waals surface area contributed by atoms with Crippen molar-refractivity contribution in [3.05, 3.63) is 93.3 Å². The van der Waals surface area contributed by atoms with Crippen LogP contribution in [0.3, 0.4) is 0 Å². The molecule has 0 saturated carbocycles. The van der Waals surface area contributed by atoms with E-state index >= 15 is 0 Å². The molecule has 1 heterocycles. The molecule has 3 aromatic rings. The van der Waals surface area contributed by atoms with E-state index in [2.05, 4.69) is 66.2 Å². The first-order valence-electron chi connectivity index (χ1n) is 10.1. The summed E-state index contributed by atoms with van der Waals surface area (Å²) in [4.78, 5) is 12.0. The SMILES string of the molecule is Cc1ccc(Cn2c(C)c(CNCCc3ccccc3C)c(C(=O)O)c2C)cc1. The smallest absolute Gasteiger partial charge is 0.337 e. The van der Waals surface area contributed by atoms with Crippen molar-refractivity contribution in [1.29, 1.82) is 0 Å². The summed E-state index contributed by atoms with van der Waals surface area (Å²) in [5.74, 6) is -0.857. The fraction of sp³-hybridized carbons (Fsp3) is 0.320. The van der Waals surface area contributed by atoms with E-state index in [1.54, 1.807) is 0 Å². The van der Waals surface area contributed by atoms with Crippen LogP contribution in [0.2, 0.25) is 0 Å². The third kappa shape index (κ3) is 4.77. The van der Waals surface area contributed by atoms with Gasteiger partial charge in [0.25, 0.3) is 0 Å². The molecule has 0 fully saturated rings. The molecule has 0 aliphatic rings. The molecule has 1 aromatic heterocycles. The van der Waals surface area contributed by atoms with Crippen LogP contribution in [0.4, 0.5) is 0 Å². The lowest BCUT2D eigenvalue weighted by Crippen LogP contribution is -2.19. The zero-order valence-electron chi connectivity index (χ0n) is 17.7. The average molecular weight is 391 g/mol. The number of nitrogens with zero attached hydrogens (tertiary/aromatic N) is 1. The lowest BCUT2D eigenvalue weighted by Gasteiger charge is -2.11. The van der Waals surface area contributed by atoms with E-state index in [0.29, 0.717) is 18.7 Å². The Morgan fingerprint density at radius 2 is 1.66 bits per heavy atom. The average Bonchev–Trinajstić information content (AvgIpc) is 2.92. The summed E-state index contributed by atoms with van der Waals surface area (Å²) in [7, 11) is 0. The minimum atomic E-state index is -0.857. The molecule has 0 atom stereocenters. The topological polar surface area (TPSA) is 54.3 Å². The van der Waals surface area contributed by atoms with E-state index in [0.717, 1.165) is 29.9 Å². The molecule has 0 spiro atoms. The number of hydrogen-bond donors (Lipinski definition) is 2. The van der Waals surface area contributed by atoms with Crippen LogP contribution < -0.4 is 5.32 Å². The number of rotatable bonds is 8. The van der Waals surface area contributed by atoms with Crippen molar-refractivity contribution in [2.45, 2.75) is 47.2 Å². The van der Waals surface area contributed by atoms with Gasteiger partial charge in [0.2, 0.25) is 0 Å². The molecule has 2 N–H and O–H groups in total. The van der Waals surface area contributed by atoms with Gasteiger partial charge in [-0.15, -0.1) is 0 Å². The Labute approximate surface area is 173 Å². The first kappa shape index (κ1) is 20.9. The molecule has 0 radical (unpaired) electrons. The van der Waals surface area contributed by atoms with E-state index in [1.807, 2.05) is 19.9 Å². The highest BCUT2D eigenvalue weighted by molar-refractivity contribution is 5.91. The van der Waals surface area contributed by atoms with Gasteiger partial charge in [-0.3, -0.25) is 0 Å². The lowest BCUT2D eigenvalue weighted by atomic mass is 10.1. The minimum absolute atomic E-state index is 0.429. The van der Waals surface area contributed by atoms with Crippen LogP contribution in [0.15, 0.2) is 48.5 Å². The molecule has 2 aromatic carbocycles. The highest BCUT2D eigenvalue weighted by atomic mass is 16.4. The molecule has 0 unspecified atom stereocenters. The van der Waals surface area contributed by atoms with Gasteiger partial charge in [0, 0.05) is 30.0 Å². The maximum absolute atomic E-state index is 12.0. The van der Waals surface area contributed by atoms with Crippen molar-refractivity contribution in [2.75, 3.05) is 6.54 Å². The number of aromatic nitrogens is 1. The van der Waals surface area contributed by atoms with E-state index in [-0.39, 0.29) is 0 Å². The van der Waals surface area contributed by atoms with E-state index < -0.39 is 5.97 Å². The van der Waals surface area contributed by atoms with Gasteiger partial charge in [-0.1, -0.05) is 54.1 Å². The van der Waals surface area contributed by atoms with E-state index in [1.165, 1.54) is 22.3 Å². The lowest BCUT2D eigenvalue weighted by molar-refractivity contribution is 0.0694. The molecule has 0 bridgehead atoms. The van der Waals surface area contributed by atoms with E-state index in [4.69, 9.17) is 0 Å². The maximum atomic E-state index is 12.0. The molecular weight excluding hydrogens is 360 g/mol. The van der Waals surface area contributed by atoms with Gasteiger partial charge in [-0.25, -0.2) is 4.79 Å². The van der Waals surface area contributed by atoms with Gasteiger partial charge in [0.1, 0.15) is 0 Å².